The lowest BCUT2D eigenvalue weighted by Crippen LogP contribution is -2.54. The number of likely N-dealkylation sites (tertiary alicyclic amines) is 1. The van der Waals surface area contributed by atoms with Crippen molar-refractivity contribution in [2.75, 3.05) is 18.6 Å². The Kier molecular flexibility index (Phi) is 8.72. The summed E-state index contributed by atoms with van der Waals surface area (Å²) in [5.74, 6) is -1.16. The van der Waals surface area contributed by atoms with E-state index in [0.29, 0.717) is 30.6 Å². The fourth-order valence-corrected chi connectivity index (χ4v) is 5.46. The van der Waals surface area contributed by atoms with E-state index in [9.17, 15) is 19.1 Å². The van der Waals surface area contributed by atoms with E-state index in [1.807, 2.05) is 31.2 Å². The van der Waals surface area contributed by atoms with Gasteiger partial charge in [-0.25, -0.2) is 9.29 Å². The molecule has 2 aromatic rings. The Morgan fingerprint density at radius 1 is 1.08 bits per heavy atom. The first-order valence-electron chi connectivity index (χ1n) is 12.8. The SMILES string of the molecule is COC(O)N1CCC[C@@H]1C(=O)N(c1cccc(F)c1)[C@H](C(=O)NC1CCCCC1)c1ccccc1C. The third kappa shape index (κ3) is 5.77. The largest absolute Gasteiger partial charge is 0.356 e. The highest BCUT2D eigenvalue weighted by Gasteiger charge is 2.42. The molecule has 1 heterocycles. The number of ether oxygens (including phenoxy) is 1. The third-order valence-electron chi connectivity index (χ3n) is 7.34. The van der Waals surface area contributed by atoms with Crippen LogP contribution in [0.25, 0.3) is 0 Å². The molecule has 1 aliphatic heterocycles. The van der Waals surface area contributed by atoms with Crippen molar-refractivity contribution in [2.45, 2.75) is 76.4 Å². The van der Waals surface area contributed by atoms with Gasteiger partial charge in [0.1, 0.15) is 11.9 Å². The number of rotatable bonds is 8. The number of aliphatic hydroxyl groups is 1. The minimum Gasteiger partial charge on any atom is -0.356 e. The maximum atomic E-state index is 14.4. The molecule has 1 aliphatic carbocycles. The number of amides is 2. The fraction of sp³-hybridized carbons (Fsp3) is 0.500. The van der Waals surface area contributed by atoms with E-state index in [1.165, 1.54) is 30.2 Å². The second-order valence-corrected chi connectivity index (χ2v) is 9.75. The van der Waals surface area contributed by atoms with E-state index in [1.54, 1.807) is 11.0 Å². The fourth-order valence-electron chi connectivity index (χ4n) is 5.46. The zero-order valence-corrected chi connectivity index (χ0v) is 21.0. The number of nitrogens with zero attached hydrogens (tertiary/aromatic N) is 2. The van der Waals surface area contributed by atoms with Crippen molar-refractivity contribution in [3.8, 4) is 0 Å². The molecule has 36 heavy (non-hydrogen) atoms. The number of carbonyl (C=O) groups excluding carboxylic acids is 2. The monoisotopic (exact) mass is 497 g/mol. The normalized spacial score (nSPS) is 20.6. The van der Waals surface area contributed by atoms with Crippen LogP contribution in [0.5, 0.6) is 0 Å². The molecule has 2 N–H and O–H groups in total. The van der Waals surface area contributed by atoms with Gasteiger partial charge in [-0.3, -0.25) is 14.5 Å². The van der Waals surface area contributed by atoms with Gasteiger partial charge in [0, 0.05) is 25.4 Å². The number of methoxy groups -OCH3 is 1. The first-order valence-corrected chi connectivity index (χ1v) is 12.8. The van der Waals surface area contributed by atoms with E-state index in [-0.39, 0.29) is 17.9 Å². The molecule has 2 aliphatic rings. The summed E-state index contributed by atoms with van der Waals surface area (Å²) >= 11 is 0. The summed E-state index contributed by atoms with van der Waals surface area (Å²) < 4.78 is 19.5. The van der Waals surface area contributed by atoms with E-state index in [2.05, 4.69) is 5.32 Å². The van der Waals surface area contributed by atoms with Crippen LogP contribution >= 0.6 is 0 Å². The lowest BCUT2D eigenvalue weighted by molar-refractivity contribution is -0.183. The molecule has 0 aromatic heterocycles. The number of nitrogens with one attached hydrogen (secondary N) is 1. The van der Waals surface area contributed by atoms with E-state index < -0.39 is 24.3 Å². The molecule has 1 unspecified atom stereocenters. The maximum absolute atomic E-state index is 14.4. The molecule has 0 spiro atoms. The number of hydrogen-bond acceptors (Lipinski definition) is 5. The first kappa shape index (κ1) is 26.3. The number of benzene rings is 2. The summed E-state index contributed by atoms with van der Waals surface area (Å²) in [7, 11) is 1.38. The molecule has 1 saturated heterocycles. The molecule has 8 heteroatoms. The van der Waals surface area contributed by atoms with Crippen LogP contribution in [0.15, 0.2) is 48.5 Å². The standard InChI is InChI=1S/C28H36FN3O4/c1-19-10-6-7-15-23(19)25(26(33)30-21-12-4-3-5-13-21)32(22-14-8-11-20(29)18-22)27(34)24-16-9-17-31(24)28(35)36-2/h6-8,10-11,14-15,18,21,24-25,28,35H,3-5,9,12-13,16-17H2,1-2H3,(H,30,33)/t24-,25+,28?/m1/s1. The first-order chi connectivity index (χ1) is 17.4. The maximum Gasteiger partial charge on any atom is 0.248 e. The van der Waals surface area contributed by atoms with Gasteiger partial charge in [0.2, 0.25) is 18.2 Å². The average Bonchev–Trinajstić information content (AvgIpc) is 3.38. The summed E-state index contributed by atoms with van der Waals surface area (Å²) in [6, 6.07) is 11.6. The highest BCUT2D eigenvalue weighted by molar-refractivity contribution is 6.04. The molecule has 1 saturated carbocycles. The quantitative estimate of drug-likeness (QED) is 0.538. The lowest BCUT2D eigenvalue weighted by atomic mass is 9.93. The minimum atomic E-state index is -1.25. The average molecular weight is 498 g/mol. The van der Waals surface area contributed by atoms with Crippen molar-refractivity contribution in [1.82, 2.24) is 10.2 Å². The van der Waals surface area contributed by atoms with Crippen LogP contribution in [-0.4, -0.2) is 54.0 Å². The summed E-state index contributed by atoms with van der Waals surface area (Å²) in [5, 5.41) is 13.6. The summed E-state index contributed by atoms with van der Waals surface area (Å²) in [4.78, 5) is 31.2. The molecule has 2 amide bonds. The molecular formula is C28H36FN3O4. The third-order valence-corrected chi connectivity index (χ3v) is 7.34. The minimum absolute atomic E-state index is 0.0422. The Hall–Kier alpha value is -2.81. The lowest BCUT2D eigenvalue weighted by Gasteiger charge is -2.37. The van der Waals surface area contributed by atoms with E-state index in [4.69, 9.17) is 4.74 Å². The Morgan fingerprint density at radius 2 is 1.83 bits per heavy atom. The van der Waals surface area contributed by atoms with Crippen molar-refractivity contribution >= 4 is 17.5 Å². The second kappa shape index (κ2) is 12.0. The van der Waals surface area contributed by atoms with Crippen LogP contribution < -0.4 is 10.2 Å². The summed E-state index contributed by atoms with van der Waals surface area (Å²) in [6.45, 7) is 2.38. The van der Waals surface area contributed by atoms with Gasteiger partial charge in [-0.05, 0) is 61.9 Å². The van der Waals surface area contributed by atoms with Crippen molar-refractivity contribution in [2.24, 2.45) is 0 Å². The van der Waals surface area contributed by atoms with Crippen molar-refractivity contribution in [3.05, 3.63) is 65.5 Å². The molecular weight excluding hydrogens is 461 g/mol. The Morgan fingerprint density at radius 3 is 2.53 bits per heavy atom. The highest BCUT2D eigenvalue weighted by Crippen LogP contribution is 2.34. The molecule has 7 nitrogen and oxygen atoms in total. The van der Waals surface area contributed by atoms with Gasteiger partial charge in [-0.1, -0.05) is 49.6 Å². The van der Waals surface area contributed by atoms with Gasteiger partial charge in [-0.15, -0.1) is 0 Å². The van der Waals surface area contributed by atoms with Crippen molar-refractivity contribution in [1.29, 1.82) is 0 Å². The van der Waals surface area contributed by atoms with Crippen LogP contribution in [0.2, 0.25) is 0 Å². The van der Waals surface area contributed by atoms with Gasteiger partial charge >= 0.3 is 0 Å². The van der Waals surface area contributed by atoms with Crippen LogP contribution in [0.1, 0.15) is 62.1 Å². The number of carbonyl (C=O) groups is 2. The predicted molar refractivity (Wildman–Crippen MR) is 136 cm³/mol. The smallest absolute Gasteiger partial charge is 0.248 e. The Bertz CT molecular complexity index is 1060. The topological polar surface area (TPSA) is 82.1 Å². The van der Waals surface area contributed by atoms with E-state index in [0.717, 1.165) is 37.7 Å². The van der Waals surface area contributed by atoms with Crippen molar-refractivity contribution in [3.63, 3.8) is 0 Å². The zero-order chi connectivity index (χ0) is 25.7. The van der Waals surface area contributed by atoms with Gasteiger partial charge in [0.05, 0.1) is 6.04 Å². The van der Waals surface area contributed by atoms with Gasteiger partial charge < -0.3 is 15.2 Å². The summed E-state index contributed by atoms with van der Waals surface area (Å²) in [6.07, 6.45) is 5.00. The van der Waals surface area contributed by atoms with Crippen molar-refractivity contribution < 1.29 is 23.8 Å². The number of aliphatic hydroxyl groups excluding tert-OH is 1. The predicted octanol–water partition coefficient (Wildman–Crippen LogP) is 4.04. The molecule has 194 valence electrons. The van der Waals surface area contributed by atoms with Crippen LogP contribution in [0.4, 0.5) is 10.1 Å². The number of halogens is 1. The van der Waals surface area contributed by atoms with Crippen LogP contribution in [0.3, 0.4) is 0 Å². The van der Waals surface area contributed by atoms with Crippen LogP contribution in [-0.2, 0) is 14.3 Å². The molecule has 3 atom stereocenters. The molecule has 0 radical (unpaired) electrons. The second-order valence-electron chi connectivity index (χ2n) is 9.75. The Balaban J connectivity index is 1.79. The highest BCUT2D eigenvalue weighted by atomic mass is 19.1. The molecule has 0 bridgehead atoms. The van der Waals surface area contributed by atoms with E-state index >= 15 is 0 Å². The molecule has 4 rings (SSSR count). The Labute approximate surface area is 212 Å². The summed E-state index contributed by atoms with van der Waals surface area (Å²) in [5.41, 5.74) is 1.83. The van der Waals surface area contributed by atoms with Gasteiger partial charge in [-0.2, -0.15) is 0 Å². The molecule has 2 aromatic carbocycles. The number of anilines is 1. The molecule has 2 fully saturated rings. The van der Waals surface area contributed by atoms with Crippen LogP contribution in [0, 0.1) is 12.7 Å². The number of hydrogen-bond donors (Lipinski definition) is 2. The van der Waals surface area contributed by atoms with Gasteiger partial charge in [0.15, 0.2) is 0 Å². The van der Waals surface area contributed by atoms with Gasteiger partial charge in [0.25, 0.3) is 0 Å². The number of aryl methyl sites for hydroxylation is 1. The zero-order valence-electron chi connectivity index (χ0n) is 21.0.